The summed E-state index contributed by atoms with van der Waals surface area (Å²) in [7, 11) is 0. The Labute approximate surface area is 324 Å². The van der Waals surface area contributed by atoms with E-state index in [1.807, 2.05) is 0 Å². The van der Waals surface area contributed by atoms with Gasteiger partial charge in [-0.05, 0) is 66.6 Å². The zero-order valence-electron chi connectivity index (χ0n) is 31.2. The molecule has 10 nitrogen and oxygen atoms in total. The maximum atomic E-state index is 13.4. The van der Waals surface area contributed by atoms with Crippen LogP contribution in [0.4, 0.5) is 5.13 Å². The molecule has 0 saturated carbocycles. The molecule has 0 spiro atoms. The Morgan fingerprint density at radius 3 is 1.94 bits per heavy atom. The third-order valence-electron chi connectivity index (χ3n) is 8.94. The molecule has 0 fully saturated rings. The average Bonchev–Trinajstić information content (AvgIpc) is 3.83. The summed E-state index contributed by atoms with van der Waals surface area (Å²) >= 11 is 2.95. The molecule has 282 valence electrons. The van der Waals surface area contributed by atoms with Crippen LogP contribution in [0.2, 0.25) is 0 Å². The highest BCUT2D eigenvalue weighted by atomic mass is 32.2. The Balaban J connectivity index is 1.41. The van der Waals surface area contributed by atoms with Crippen LogP contribution >= 0.6 is 23.1 Å². The lowest BCUT2D eigenvalue weighted by molar-refractivity contribution is -0.527. The molecule has 2 aromatic carbocycles. The number of hydrogen-bond donors (Lipinski definition) is 5. The predicted octanol–water partition coefficient (Wildman–Crippen LogP) is 6.68. The van der Waals surface area contributed by atoms with Crippen LogP contribution < -0.4 is 15.3 Å². The molecule has 1 aliphatic carbocycles. The Morgan fingerprint density at radius 1 is 0.759 bits per heavy atom. The quantitative estimate of drug-likeness (QED) is 0.0688. The Kier molecular flexibility index (Phi) is 13.9. The van der Waals surface area contributed by atoms with Gasteiger partial charge in [-0.1, -0.05) is 76.4 Å². The van der Waals surface area contributed by atoms with Gasteiger partial charge in [0.25, 0.3) is 0 Å². The van der Waals surface area contributed by atoms with Crippen LogP contribution in [0.25, 0.3) is 16.9 Å². The number of aromatic nitrogens is 1. The monoisotopic (exact) mass is 767 g/mol. The lowest BCUT2D eigenvalue weighted by Gasteiger charge is -2.23. The molecule has 1 aromatic heterocycles. The number of nitrogens with zero attached hydrogens (tertiary/aromatic N) is 4. The Hall–Kier alpha value is -5.17. The fourth-order valence-electron chi connectivity index (χ4n) is 5.95. The van der Waals surface area contributed by atoms with Crippen LogP contribution in [0.5, 0.6) is 23.0 Å². The van der Waals surface area contributed by atoms with Crippen molar-refractivity contribution in [3.05, 3.63) is 73.3 Å². The lowest BCUT2D eigenvalue weighted by atomic mass is 9.81. The van der Waals surface area contributed by atoms with Gasteiger partial charge in [0.05, 0.1) is 46.1 Å². The standard InChI is InChI=1S/C42H46N4O6S2/c1-5-9-17-45(18-10-6-2)41-43-25-29(53-41)15-13-27-21-31(47)35(32(48)22-27)37-39(51)38(40(37)52)36-33(49)23-28(24-34(36)50)14-16-30-26-44-42(54-30)46(19-11-7-3)20-12-8-4/h21-26H,5-12,17-20H2,1-4H3,(H4,47,48,49,50,51,52)/p+1. The van der Waals surface area contributed by atoms with E-state index in [1.165, 1.54) is 47.4 Å². The van der Waals surface area contributed by atoms with Crippen molar-refractivity contribution in [3.63, 3.8) is 0 Å². The summed E-state index contributed by atoms with van der Waals surface area (Å²) in [6.45, 7) is 12.3. The number of aliphatic imine (C=N–C) groups is 1. The number of thioether (sulfide) groups is 1. The summed E-state index contributed by atoms with van der Waals surface area (Å²) in [6, 6.07) is 5.19. The minimum atomic E-state index is -0.776. The number of unbranched alkanes of at least 4 members (excludes halogenated alkanes) is 4. The summed E-state index contributed by atoms with van der Waals surface area (Å²) in [5, 5.41) is 56.3. The van der Waals surface area contributed by atoms with Crippen LogP contribution in [-0.4, -0.2) is 78.4 Å². The van der Waals surface area contributed by atoms with Gasteiger partial charge in [-0.3, -0.25) is 9.37 Å². The number of aliphatic hydroxyl groups is 1. The molecule has 5 rings (SSSR count). The number of thiazole rings is 1. The predicted molar refractivity (Wildman–Crippen MR) is 218 cm³/mol. The van der Waals surface area contributed by atoms with Crippen molar-refractivity contribution in [2.45, 2.75) is 79.1 Å². The second kappa shape index (κ2) is 18.7. The number of aliphatic hydroxyl groups excluding tert-OH is 1. The van der Waals surface area contributed by atoms with Crippen LogP contribution in [-0.2, 0) is 4.79 Å². The van der Waals surface area contributed by atoms with Crippen molar-refractivity contribution in [1.29, 1.82) is 0 Å². The Morgan fingerprint density at radius 2 is 1.37 bits per heavy atom. The first-order chi connectivity index (χ1) is 26.1. The maximum absolute atomic E-state index is 13.4. The molecule has 0 amide bonds. The van der Waals surface area contributed by atoms with E-state index in [0.717, 1.165) is 97.6 Å². The minimum absolute atomic E-state index is 0.275. The molecule has 0 saturated heterocycles. The summed E-state index contributed by atoms with van der Waals surface area (Å²) in [5.74, 6) is 2.74. The smallest absolute Gasteiger partial charge is 0.360 e. The van der Waals surface area contributed by atoms with Crippen molar-refractivity contribution in [3.8, 4) is 34.8 Å². The van der Waals surface area contributed by atoms with E-state index in [9.17, 15) is 30.3 Å². The first-order valence-corrected chi connectivity index (χ1v) is 20.2. The zero-order chi connectivity index (χ0) is 38.8. The molecule has 54 heavy (non-hydrogen) atoms. The van der Waals surface area contributed by atoms with E-state index >= 15 is 0 Å². The molecule has 1 aliphatic heterocycles. The molecule has 0 atom stereocenters. The highest BCUT2D eigenvalue weighted by Gasteiger charge is 2.39. The SMILES string of the molecule is CCCCN(CCCC)c1ncc(C#Cc2cc(O)c(C3=C(O)C(=c4c(O)cc(=C=C=C5C=NC(=[N+](CCCC)CCCC)S5)cc4O)C3=O)c(O)c2)s1. The average molecular weight is 768 g/mol. The number of carbonyl (C=O) groups excluding carboxylic acids is 1. The molecule has 5 N–H and O–H groups in total. The first kappa shape index (κ1) is 40.0. The van der Waals surface area contributed by atoms with Crippen LogP contribution in [0.1, 0.15) is 95.1 Å². The third kappa shape index (κ3) is 9.30. The molecule has 2 aliphatic rings. The number of aromatic hydroxyl groups is 4. The van der Waals surface area contributed by atoms with Gasteiger partial charge < -0.3 is 30.4 Å². The molecule has 12 heteroatoms. The highest BCUT2D eigenvalue weighted by Crippen LogP contribution is 2.45. The molecular weight excluding hydrogens is 721 g/mol. The maximum Gasteiger partial charge on any atom is 0.360 e. The fraction of sp³-hybridized carbons (Fsp3) is 0.381. The number of carbonyl (C=O) groups is 1. The number of phenolic OH excluding ortho intramolecular Hbond substituents is 4. The van der Waals surface area contributed by atoms with E-state index in [2.05, 4.69) is 70.5 Å². The van der Waals surface area contributed by atoms with Gasteiger partial charge in [0.1, 0.15) is 33.7 Å². The lowest BCUT2D eigenvalue weighted by Crippen LogP contribution is -2.28. The van der Waals surface area contributed by atoms with Crippen LogP contribution in [0.3, 0.4) is 0 Å². The largest absolute Gasteiger partial charge is 0.507 e. The number of anilines is 1. The number of Topliss-reactive ketones (excluding diaryl/α,β-unsaturated/α-hetero) is 1. The van der Waals surface area contributed by atoms with Crippen LogP contribution in [0, 0.1) is 11.8 Å². The van der Waals surface area contributed by atoms with Gasteiger partial charge in [-0.15, -0.1) is 0 Å². The van der Waals surface area contributed by atoms with Gasteiger partial charge in [-0.25, -0.2) is 4.98 Å². The van der Waals surface area contributed by atoms with Gasteiger partial charge in [0, 0.05) is 35.6 Å². The van der Waals surface area contributed by atoms with Crippen molar-refractivity contribution in [1.82, 2.24) is 4.98 Å². The van der Waals surface area contributed by atoms with Gasteiger partial charge in [0.2, 0.25) is 5.78 Å². The second-order valence-corrected chi connectivity index (χ2v) is 15.1. The molecule has 0 unspecified atom stereocenters. The summed E-state index contributed by atoms with van der Waals surface area (Å²) in [4.78, 5) is 26.2. The van der Waals surface area contributed by atoms with E-state index in [1.54, 1.807) is 12.4 Å². The summed E-state index contributed by atoms with van der Waals surface area (Å²) in [6.07, 6.45) is 12.0. The molecule has 2 heterocycles. The number of benzene rings is 2. The molecular formula is C42H47N4O6S2+. The normalized spacial score (nSPS) is 13.5. The highest BCUT2D eigenvalue weighted by molar-refractivity contribution is 8.18. The summed E-state index contributed by atoms with van der Waals surface area (Å²) < 4.78 is 2.27. The van der Waals surface area contributed by atoms with E-state index in [-0.39, 0.29) is 21.9 Å². The van der Waals surface area contributed by atoms with Gasteiger partial charge in [0.15, 0.2) is 11.3 Å². The van der Waals surface area contributed by atoms with Crippen molar-refractivity contribution in [2.24, 2.45) is 4.99 Å². The van der Waals surface area contributed by atoms with Crippen molar-refractivity contribution in [2.75, 3.05) is 31.1 Å². The topological polar surface area (TPSA) is 150 Å². The number of allylic oxidation sites excluding steroid dienone is 3. The number of rotatable bonds is 14. The molecule has 3 aromatic rings. The van der Waals surface area contributed by atoms with E-state index in [0.29, 0.717) is 10.8 Å². The van der Waals surface area contributed by atoms with Gasteiger partial charge in [-0.2, -0.15) is 0 Å². The number of amidine groups is 1. The number of hydrogen-bond acceptors (Lipinski definition) is 10. The van der Waals surface area contributed by atoms with Gasteiger partial charge >= 0.3 is 5.17 Å². The minimum Gasteiger partial charge on any atom is -0.507 e. The fourth-order valence-corrected chi connectivity index (χ4v) is 7.60. The molecule has 0 radical (unpaired) electrons. The zero-order valence-corrected chi connectivity index (χ0v) is 32.8. The van der Waals surface area contributed by atoms with E-state index in [4.69, 9.17) is 0 Å². The summed E-state index contributed by atoms with van der Waals surface area (Å²) in [5.41, 5.74) is 5.29. The number of ketones is 1. The molecule has 0 bridgehead atoms. The second-order valence-electron chi connectivity index (χ2n) is 13.1. The number of phenols is 4. The van der Waals surface area contributed by atoms with Crippen molar-refractivity contribution >= 4 is 62.3 Å². The van der Waals surface area contributed by atoms with Crippen LogP contribution in [0.15, 0.2) is 51.9 Å². The first-order valence-electron chi connectivity index (χ1n) is 18.5. The Bertz CT molecular complexity index is 2210. The third-order valence-corrected chi connectivity index (χ3v) is 10.9. The van der Waals surface area contributed by atoms with E-state index < -0.39 is 34.5 Å². The van der Waals surface area contributed by atoms with Crippen molar-refractivity contribution < 1.29 is 34.9 Å².